The average Bonchev–Trinajstić information content (AvgIpc) is 2.79. The molecule has 0 spiro atoms. The number of amides is 1. The molecule has 6 heteroatoms. The minimum absolute atomic E-state index is 0.00269. The molecular formula is C15H21NO5. The van der Waals surface area contributed by atoms with Crippen LogP contribution in [0.25, 0.3) is 0 Å². The van der Waals surface area contributed by atoms with Crippen LogP contribution in [0.4, 0.5) is 0 Å². The molecule has 1 aromatic carbocycles. The molecule has 0 bridgehead atoms. The maximum absolute atomic E-state index is 11.7. The third-order valence-corrected chi connectivity index (χ3v) is 3.57. The smallest absolute Gasteiger partial charge is 0.246 e. The van der Waals surface area contributed by atoms with Gasteiger partial charge in [0, 0.05) is 6.61 Å². The Morgan fingerprint density at radius 3 is 2.62 bits per heavy atom. The zero-order valence-electron chi connectivity index (χ0n) is 12.5. The molecule has 0 aromatic heterocycles. The summed E-state index contributed by atoms with van der Waals surface area (Å²) in [6.45, 7) is 2.31. The van der Waals surface area contributed by atoms with Crippen molar-refractivity contribution in [3.05, 3.63) is 23.3 Å². The van der Waals surface area contributed by atoms with E-state index in [1.54, 1.807) is 20.3 Å². The standard InChI is InChI=1S/C15H21NO5/c1-4-21-8-14(17)16-11-5-9-6-12(19-2)13(20-3)7-10(9)15(11)18/h6-7,11,15,18H,4-5,8H2,1-3H3,(H,16,17)/t11-,15+/m0/s1. The summed E-state index contributed by atoms with van der Waals surface area (Å²) in [6.07, 6.45) is -0.209. The number of methoxy groups -OCH3 is 2. The second-order valence-corrected chi connectivity index (χ2v) is 4.87. The number of carbonyl (C=O) groups is 1. The summed E-state index contributed by atoms with van der Waals surface area (Å²) in [5, 5.41) is 13.1. The minimum atomic E-state index is -0.759. The lowest BCUT2D eigenvalue weighted by Crippen LogP contribution is -2.39. The molecule has 0 saturated heterocycles. The predicted octanol–water partition coefficient (Wildman–Crippen LogP) is 0.815. The number of hydrogen-bond acceptors (Lipinski definition) is 5. The van der Waals surface area contributed by atoms with E-state index in [0.29, 0.717) is 24.5 Å². The summed E-state index contributed by atoms with van der Waals surface area (Å²) in [5.41, 5.74) is 1.70. The van der Waals surface area contributed by atoms with Crippen LogP contribution in [0.1, 0.15) is 24.2 Å². The van der Waals surface area contributed by atoms with Crippen LogP contribution in [0.2, 0.25) is 0 Å². The van der Waals surface area contributed by atoms with Gasteiger partial charge in [-0.1, -0.05) is 0 Å². The van der Waals surface area contributed by atoms with Gasteiger partial charge in [0.15, 0.2) is 11.5 Å². The summed E-state index contributed by atoms with van der Waals surface area (Å²) in [6, 6.07) is 3.24. The van der Waals surface area contributed by atoms with Gasteiger partial charge in [0.05, 0.1) is 26.4 Å². The van der Waals surface area contributed by atoms with Crippen molar-refractivity contribution in [2.45, 2.75) is 25.5 Å². The number of rotatable bonds is 6. The van der Waals surface area contributed by atoms with Crippen LogP contribution in [0.5, 0.6) is 11.5 Å². The first-order chi connectivity index (χ1) is 10.1. The average molecular weight is 295 g/mol. The number of hydrogen-bond donors (Lipinski definition) is 2. The summed E-state index contributed by atoms with van der Waals surface area (Å²) >= 11 is 0. The first kappa shape index (κ1) is 15.6. The van der Waals surface area contributed by atoms with Crippen molar-refractivity contribution in [2.75, 3.05) is 27.4 Å². The fraction of sp³-hybridized carbons (Fsp3) is 0.533. The van der Waals surface area contributed by atoms with Crippen molar-refractivity contribution in [1.82, 2.24) is 5.32 Å². The van der Waals surface area contributed by atoms with Crippen molar-refractivity contribution in [3.8, 4) is 11.5 Å². The Kier molecular flexibility index (Phi) is 5.03. The number of carbonyl (C=O) groups excluding carboxylic acids is 1. The number of aliphatic hydroxyl groups excluding tert-OH is 1. The molecule has 1 amide bonds. The Labute approximate surface area is 124 Å². The van der Waals surface area contributed by atoms with Crippen LogP contribution in [0, 0.1) is 0 Å². The summed E-state index contributed by atoms with van der Waals surface area (Å²) < 4.78 is 15.5. The molecule has 1 aromatic rings. The Balaban J connectivity index is 2.12. The minimum Gasteiger partial charge on any atom is -0.493 e. The van der Waals surface area contributed by atoms with Gasteiger partial charge in [-0.05, 0) is 36.6 Å². The predicted molar refractivity (Wildman–Crippen MR) is 76.6 cm³/mol. The molecule has 6 nitrogen and oxygen atoms in total. The molecule has 2 rings (SSSR count). The van der Waals surface area contributed by atoms with E-state index in [1.807, 2.05) is 13.0 Å². The van der Waals surface area contributed by atoms with E-state index in [4.69, 9.17) is 14.2 Å². The monoisotopic (exact) mass is 295 g/mol. The van der Waals surface area contributed by atoms with E-state index in [2.05, 4.69) is 5.32 Å². The van der Waals surface area contributed by atoms with Crippen molar-refractivity contribution in [2.24, 2.45) is 0 Å². The number of ether oxygens (including phenoxy) is 3. The molecular weight excluding hydrogens is 274 g/mol. The second-order valence-electron chi connectivity index (χ2n) is 4.87. The van der Waals surface area contributed by atoms with Gasteiger partial charge in [0.1, 0.15) is 6.61 Å². The van der Waals surface area contributed by atoms with Gasteiger partial charge in [0.25, 0.3) is 0 Å². The van der Waals surface area contributed by atoms with E-state index in [1.165, 1.54) is 0 Å². The number of nitrogens with one attached hydrogen (secondary N) is 1. The quantitative estimate of drug-likeness (QED) is 0.812. The largest absolute Gasteiger partial charge is 0.493 e. The van der Waals surface area contributed by atoms with Crippen LogP contribution < -0.4 is 14.8 Å². The molecule has 0 heterocycles. The van der Waals surface area contributed by atoms with Gasteiger partial charge in [-0.25, -0.2) is 0 Å². The van der Waals surface area contributed by atoms with E-state index in [9.17, 15) is 9.90 Å². The Morgan fingerprint density at radius 1 is 1.33 bits per heavy atom. The number of benzene rings is 1. The van der Waals surface area contributed by atoms with E-state index in [0.717, 1.165) is 11.1 Å². The molecule has 2 atom stereocenters. The first-order valence-electron chi connectivity index (χ1n) is 6.90. The Hall–Kier alpha value is -1.79. The lowest BCUT2D eigenvalue weighted by atomic mass is 10.1. The first-order valence-corrected chi connectivity index (χ1v) is 6.90. The van der Waals surface area contributed by atoms with Crippen LogP contribution in [0.3, 0.4) is 0 Å². The summed E-state index contributed by atoms with van der Waals surface area (Å²) in [7, 11) is 3.11. The molecule has 0 aliphatic heterocycles. The van der Waals surface area contributed by atoms with E-state index in [-0.39, 0.29) is 18.6 Å². The molecule has 0 unspecified atom stereocenters. The van der Waals surface area contributed by atoms with Gasteiger partial charge in [-0.3, -0.25) is 4.79 Å². The Morgan fingerprint density at radius 2 is 2.00 bits per heavy atom. The molecule has 21 heavy (non-hydrogen) atoms. The van der Waals surface area contributed by atoms with E-state index < -0.39 is 6.10 Å². The van der Waals surface area contributed by atoms with Crippen LogP contribution in [0.15, 0.2) is 12.1 Å². The van der Waals surface area contributed by atoms with Crippen molar-refractivity contribution in [3.63, 3.8) is 0 Å². The van der Waals surface area contributed by atoms with E-state index >= 15 is 0 Å². The highest BCUT2D eigenvalue weighted by molar-refractivity contribution is 5.77. The van der Waals surface area contributed by atoms with Gasteiger partial charge < -0.3 is 24.6 Å². The zero-order chi connectivity index (χ0) is 15.4. The van der Waals surface area contributed by atoms with Gasteiger partial charge in [0.2, 0.25) is 5.91 Å². The van der Waals surface area contributed by atoms with Crippen molar-refractivity contribution < 1.29 is 24.1 Å². The molecule has 1 aliphatic carbocycles. The molecule has 0 radical (unpaired) electrons. The molecule has 1 aliphatic rings. The molecule has 116 valence electrons. The van der Waals surface area contributed by atoms with Gasteiger partial charge in [-0.2, -0.15) is 0 Å². The maximum atomic E-state index is 11.7. The molecule has 2 N–H and O–H groups in total. The lowest BCUT2D eigenvalue weighted by molar-refractivity contribution is -0.127. The van der Waals surface area contributed by atoms with Crippen LogP contribution in [-0.4, -0.2) is 44.5 Å². The third kappa shape index (κ3) is 3.28. The van der Waals surface area contributed by atoms with Crippen LogP contribution >= 0.6 is 0 Å². The molecule has 0 fully saturated rings. The Bertz CT molecular complexity index is 517. The normalized spacial score (nSPS) is 20.0. The highest BCUT2D eigenvalue weighted by Crippen LogP contribution is 2.39. The fourth-order valence-electron chi connectivity index (χ4n) is 2.53. The summed E-state index contributed by atoms with van der Waals surface area (Å²) in [4.78, 5) is 11.7. The maximum Gasteiger partial charge on any atom is 0.246 e. The third-order valence-electron chi connectivity index (χ3n) is 3.57. The fourth-order valence-corrected chi connectivity index (χ4v) is 2.53. The molecule has 0 saturated carbocycles. The second kappa shape index (κ2) is 6.78. The van der Waals surface area contributed by atoms with Crippen molar-refractivity contribution in [1.29, 1.82) is 0 Å². The zero-order valence-corrected chi connectivity index (χ0v) is 12.5. The van der Waals surface area contributed by atoms with Crippen molar-refractivity contribution >= 4 is 5.91 Å². The van der Waals surface area contributed by atoms with Crippen LogP contribution in [-0.2, 0) is 16.0 Å². The SMILES string of the molecule is CCOCC(=O)N[C@H]1Cc2cc(OC)c(OC)cc2[C@H]1O. The number of fused-ring (bicyclic) bond motifs is 1. The van der Waals surface area contributed by atoms with Gasteiger partial charge >= 0.3 is 0 Å². The summed E-state index contributed by atoms with van der Waals surface area (Å²) in [5.74, 6) is 0.953. The highest BCUT2D eigenvalue weighted by atomic mass is 16.5. The van der Waals surface area contributed by atoms with Gasteiger partial charge in [-0.15, -0.1) is 0 Å². The lowest BCUT2D eigenvalue weighted by Gasteiger charge is -2.17. The number of aliphatic hydroxyl groups is 1. The topological polar surface area (TPSA) is 77.0 Å². The highest BCUT2D eigenvalue weighted by Gasteiger charge is 2.33.